The lowest BCUT2D eigenvalue weighted by molar-refractivity contribution is -0.119. The SMILES string of the molecule is COCC(=O)Nc1ccc(N2C(=S)NC(c3ccccn3)C2c2cccn2-c2ccc(C(=O)O)cc2)cc1C. The van der Waals surface area contributed by atoms with Crippen molar-refractivity contribution in [3.8, 4) is 5.69 Å². The Morgan fingerprint density at radius 3 is 2.51 bits per heavy atom. The van der Waals surface area contributed by atoms with Gasteiger partial charge < -0.3 is 29.9 Å². The lowest BCUT2D eigenvalue weighted by Crippen LogP contribution is -2.30. The number of rotatable bonds is 8. The molecule has 1 amide bonds. The number of amides is 1. The number of methoxy groups -OCH3 is 1. The van der Waals surface area contributed by atoms with E-state index in [1.54, 1.807) is 30.5 Å². The van der Waals surface area contributed by atoms with E-state index in [1.165, 1.54) is 7.11 Å². The summed E-state index contributed by atoms with van der Waals surface area (Å²) in [5.41, 5.74) is 5.24. The van der Waals surface area contributed by atoms with E-state index in [4.69, 9.17) is 17.0 Å². The maximum atomic E-state index is 12.1. The zero-order valence-electron chi connectivity index (χ0n) is 21.4. The molecule has 9 nitrogen and oxygen atoms in total. The number of pyridine rings is 1. The molecule has 1 fully saturated rings. The predicted octanol–water partition coefficient (Wildman–Crippen LogP) is 4.64. The predicted molar refractivity (Wildman–Crippen MR) is 152 cm³/mol. The Balaban J connectivity index is 1.58. The number of anilines is 2. The normalized spacial score (nSPS) is 16.7. The van der Waals surface area contributed by atoms with Crippen LogP contribution in [0.25, 0.3) is 5.69 Å². The van der Waals surface area contributed by atoms with Crippen molar-refractivity contribution in [2.45, 2.75) is 19.0 Å². The molecule has 0 bridgehead atoms. The standard InChI is InChI=1S/C29H27N5O4S/c1-18-16-21(12-13-22(18)31-25(35)17-38-2)34-27(26(32-29(34)39)23-6-3-4-14-30-23)24-7-5-15-33(24)20-10-8-19(9-11-20)28(36)37/h3-16,26-27H,17H2,1-2H3,(H,31,35)(H,32,39)(H,36,37). The molecule has 4 aromatic rings. The molecular formula is C29H27N5O4S. The number of aromatic carboxylic acids is 1. The van der Waals surface area contributed by atoms with E-state index in [9.17, 15) is 14.7 Å². The van der Waals surface area contributed by atoms with Crippen molar-refractivity contribution in [3.05, 3.63) is 108 Å². The maximum absolute atomic E-state index is 12.1. The van der Waals surface area contributed by atoms with Crippen molar-refractivity contribution in [2.75, 3.05) is 23.9 Å². The third-order valence-corrected chi connectivity index (χ3v) is 6.93. The van der Waals surface area contributed by atoms with Gasteiger partial charge in [0, 0.05) is 42.3 Å². The number of nitrogens with one attached hydrogen (secondary N) is 2. The summed E-state index contributed by atoms with van der Waals surface area (Å²) in [5.74, 6) is -1.20. The van der Waals surface area contributed by atoms with Gasteiger partial charge in [0.15, 0.2) is 5.11 Å². The second-order valence-electron chi connectivity index (χ2n) is 9.13. The molecule has 0 spiro atoms. The van der Waals surface area contributed by atoms with Gasteiger partial charge in [-0.05, 0) is 91.4 Å². The summed E-state index contributed by atoms with van der Waals surface area (Å²) in [6, 6.07) is 21.7. The summed E-state index contributed by atoms with van der Waals surface area (Å²) in [5, 5.41) is 16.2. The van der Waals surface area contributed by atoms with Crippen molar-refractivity contribution in [1.82, 2.24) is 14.9 Å². The number of aryl methyl sites for hydroxylation is 1. The van der Waals surface area contributed by atoms with Crippen LogP contribution < -0.4 is 15.5 Å². The minimum absolute atomic E-state index is 0.0282. The molecule has 1 aliphatic rings. The van der Waals surface area contributed by atoms with Crippen LogP contribution in [0.3, 0.4) is 0 Å². The van der Waals surface area contributed by atoms with Crippen LogP contribution in [0.4, 0.5) is 11.4 Å². The number of hydrogen-bond acceptors (Lipinski definition) is 5. The smallest absolute Gasteiger partial charge is 0.335 e. The number of thiocarbonyl (C=S) groups is 1. The second-order valence-corrected chi connectivity index (χ2v) is 9.52. The van der Waals surface area contributed by atoms with E-state index in [1.807, 2.05) is 66.2 Å². The Hall–Kier alpha value is -4.54. The molecule has 2 unspecified atom stereocenters. The van der Waals surface area contributed by atoms with Crippen LogP contribution in [-0.4, -0.2) is 45.4 Å². The minimum Gasteiger partial charge on any atom is -0.478 e. The van der Waals surface area contributed by atoms with Gasteiger partial charge in [0.05, 0.1) is 17.3 Å². The molecule has 10 heteroatoms. The number of ether oxygens (including phenoxy) is 1. The first-order valence-electron chi connectivity index (χ1n) is 12.3. The van der Waals surface area contributed by atoms with Crippen LogP contribution in [0, 0.1) is 6.92 Å². The Labute approximate surface area is 231 Å². The highest BCUT2D eigenvalue weighted by atomic mass is 32.1. The summed E-state index contributed by atoms with van der Waals surface area (Å²) in [6.07, 6.45) is 3.70. The van der Waals surface area contributed by atoms with Crippen LogP contribution in [0.15, 0.2) is 85.2 Å². The van der Waals surface area contributed by atoms with Crippen molar-refractivity contribution >= 4 is 40.6 Å². The van der Waals surface area contributed by atoms with Crippen LogP contribution in [0.5, 0.6) is 0 Å². The van der Waals surface area contributed by atoms with Crippen molar-refractivity contribution < 1.29 is 19.4 Å². The lowest BCUT2D eigenvalue weighted by Gasteiger charge is -2.29. The van der Waals surface area contributed by atoms with Crippen molar-refractivity contribution in [3.63, 3.8) is 0 Å². The van der Waals surface area contributed by atoms with Crippen molar-refractivity contribution in [1.29, 1.82) is 0 Å². The summed E-state index contributed by atoms with van der Waals surface area (Å²) in [7, 11) is 1.48. The van der Waals surface area contributed by atoms with Gasteiger partial charge in [-0.2, -0.15) is 0 Å². The number of carbonyl (C=O) groups is 2. The molecule has 1 aliphatic heterocycles. The summed E-state index contributed by atoms with van der Waals surface area (Å²) in [6.45, 7) is 1.90. The van der Waals surface area contributed by atoms with Gasteiger partial charge >= 0.3 is 5.97 Å². The first kappa shape index (κ1) is 26.1. The van der Waals surface area contributed by atoms with E-state index in [2.05, 4.69) is 20.5 Å². The zero-order chi connectivity index (χ0) is 27.5. The van der Waals surface area contributed by atoms with Gasteiger partial charge in [-0.1, -0.05) is 6.07 Å². The number of benzene rings is 2. The van der Waals surface area contributed by atoms with Crippen LogP contribution >= 0.6 is 12.2 Å². The largest absolute Gasteiger partial charge is 0.478 e. The molecule has 0 saturated carbocycles. The minimum atomic E-state index is -0.974. The first-order chi connectivity index (χ1) is 18.9. The first-order valence-corrected chi connectivity index (χ1v) is 12.7. The van der Waals surface area contributed by atoms with E-state index in [0.29, 0.717) is 10.8 Å². The Morgan fingerprint density at radius 1 is 1.08 bits per heavy atom. The molecule has 3 heterocycles. The number of carboxylic acid groups (broad SMARTS) is 1. The Bertz CT molecular complexity index is 1520. The fourth-order valence-corrected chi connectivity index (χ4v) is 5.17. The number of carbonyl (C=O) groups excluding carboxylic acids is 1. The van der Waals surface area contributed by atoms with Crippen LogP contribution in [-0.2, 0) is 9.53 Å². The number of hydrogen-bond donors (Lipinski definition) is 3. The number of aromatic nitrogens is 2. The maximum Gasteiger partial charge on any atom is 0.335 e. The third kappa shape index (κ3) is 5.25. The Kier molecular flexibility index (Phi) is 7.40. The highest BCUT2D eigenvalue weighted by Crippen LogP contribution is 2.42. The molecular weight excluding hydrogens is 514 g/mol. The lowest BCUT2D eigenvalue weighted by atomic mass is 10.00. The zero-order valence-corrected chi connectivity index (χ0v) is 22.2. The molecule has 0 aliphatic carbocycles. The highest BCUT2D eigenvalue weighted by molar-refractivity contribution is 7.80. The average Bonchev–Trinajstić information content (AvgIpc) is 3.55. The number of nitrogens with zero attached hydrogens (tertiary/aromatic N) is 3. The fourth-order valence-electron chi connectivity index (χ4n) is 4.82. The van der Waals surface area contributed by atoms with E-state index >= 15 is 0 Å². The van der Waals surface area contributed by atoms with Gasteiger partial charge in [-0.3, -0.25) is 9.78 Å². The third-order valence-electron chi connectivity index (χ3n) is 6.61. The van der Waals surface area contributed by atoms with Gasteiger partial charge in [-0.25, -0.2) is 4.79 Å². The summed E-state index contributed by atoms with van der Waals surface area (Å²) >= 11 is 5.86. The number of carboxylic acids is 1. The molecule has 39 heavy (non-hydrogen) atoms. The van der Waals surface area contributed by atoms with Gasteiger partial charge in [0.1, 0.15) is 12.6 Å². The molecule has 5 rings (SSSR count). The molecule has 198 valence electrons. The average molecular weight is 542 g/mol. The van der Waals surface area contributed by atoms with Gasteiger partial charge in [-0.15, -0.1) is 0 Å². The van der Waals surface area contributed by atoms with Crippen LogP contribution in [0.1, 0.15) is 39.4 Å². The monoisotopic (exact) mass is 541 g/mol. The quantitative estimate of drug-likeness (QED) is 0.277. The molecule has 3 N–H and O–H groups in total. The molecule has 2 aromatic heterocycles. The molecule has 2 aromatic carbocycles. The summed E-state index contributed by atoms with van der Waals surface area (Å²) in [4.78, 5) is 30.1. The summed E-state index contributed by atoms with van der Waals surface area (Å²) < 4.78 is 6.96. The highest BCUT2D eigenvalue weighted by Gasteiger charge is 2.42. The topological polar surface area (TPSA) is 109 Å². The van der Waals surface area contributed by atoms with E-state index in [0.717, 1.165) is 28.3 Å². The molecule has 0 radical (unpaired) electrons. The Morgan fingerprint density at radius 2 is 1.85 bits per heavy atom. The second kappa shape index (κ2) is 11.1. The molecule has 2 atom stereocenters. The molecule has 1 saturated heterocycles. The van der Waals surface area contributed by atoms with Crippen molar-refractivity contribution in [2.24, 2.45) is 0 Å². The van der Waals surface area contributed by atoms with Gasteiger partial charge in [0.25, 0.3) is 0 Å². The fraction of sp³-hybridized carbons (Fsp3) is 0.172. The van der Waals surface area contributed by atoms with E-state index < -0.39 is 5.97 Å². The van der Waals surface area contributed by atoms with Crippen LogP contribution in [0.2, 0.25) is 0 Å². The van der Waals surface area contributed by atoms with E-state index in [-0.39, 0.29) is 30.2 Å². The van der Waals surface area contributed by atoms with Gasteiger partial charge in [0.2, 0.25) is 5.91 Å².